The molecule has 0 aromatic carbocycles. The molecule has 1 aliphatic heterocycles. The lowest BCUT2D eigenvalue weighted by molar-refractivity contribution is -0.117. The van der Waals surface area contributed by atoms with E-state index in [0.717, 1.165) is 47.3 Å². The third-order valence-corrected chi connectivity index (χ3v) is 5.91. The van der Waals surface area contributed by atoms with Crippen LogP contribution in [0.5, 0.6) is 0 Å². The summed E-state index contributed by atoms with van der Waals surface area (Å²) in [7, 11) is 0. The fourth-order valence-corrected chi connectivity index (χ4v) is 3.84. The maximum Gasteiger partial charge on any atom is 0.231 e. The molecule has 2 aromatic heterocycles. The van der Waals surface area contributed by atoms with E-state index in [9.17, 15) is 14.3 Å². The van der Waals surface area contributed by atoms with E-state index in [2.05, 4.69) is 15.3 Å². The van der Waals surface area contributed by atoms with Gasteiger partial charge in [-0.15, -0.1) is 0 Å². The number of carbonyl (C=O) groups is 1. The Kier molecular flexibility index (Phi) is 4.35. The Labute approximate surface area is 168 Å². The van der Waals surface area contributed by atoms with Gasteiger partial charge < -0.3 is 15.3 Å². The highest BCUT2D eigenvalue weighted by molar-refractivity contribution is 5.96. The minimum Gasteiger partial charge on any atom is -0.369 e. The zero-order valence-electron chi connectivity index (χ0n) is 16.2. The lowest BCUT2D eigenvalue weighted by Gasteiger charge is -2.36. The number of pyridine rings is 2. The van der Waals surface area contributed by atoms with Crippen LogP contribution in [0.3, 0.4) is 0 Å². The van der Waals surface area contributed by atoms with E-state index in [-0.39, 0.29) is 12.3 Å². The fourth-order valence-electron chi connectivity index (χ4n) is 3.84. The van der Waals surface area contributed by atoms with E-state index in [1.807, 2.05) is 24.0 Å². The van der Waals surface area contributed by atoms with Gasteiger partial charge in [-0.3, -0.25) is 9.78 Å². The summed E-state index contributed by atoms with van der Waals surface area (Å²) >= 11 is 0. The van der Waals surface area contributed by atoms with Gasteiger partial charge in [-0.05, 0) is 49.8 Å². The first kappa shape index (κ1) is 18.2. The first-order chi connectivity index (χ1) is 14.0. The minimum absolute atomic E-state index is 0.278. The van der Waals surface area contributed by atoms with Crippen LogP contribution in [0.1, 0.15) is 36.0 Å². The Balaban J connectivity index is 1.51. The van der Waals surface area contributed by atoms with Crippen LogP contribution >= 0.6 is 0 Å². The van der Waals surface area contributed by atoms with Crippen molar-refractivity contribution in [1.29, 1.82) is 0 Å². The van der Waals surface area contributed by atoms with Crippen molar-refractivity contribution < 1.29 is 14.3 Å². The number of rotatable bonds is 5. The second-order valence-electron chi connectivity index (χ2n) is 8.24. The van der Waals surface area contributed by atoms with Crippen molar-refractivity contribution in [2.75, 3.05) is 16.8 Å². The molecule has 3 heterocycles. The Bertz CT molecular complexity index is 1000. The number of nitrogens with one attached hydrogen (secondary N) is 1. The van der Waals surface area contributed by atoms with Crippen molar-refractivity contribution in [3.05, 3.63) is 47.4 Å². The molecule has 2 aromatic rings. The SMILES string of the molecule is Cc1ccncc1C1=Cc2cnc(NC(=O)C3CC3F)cc2N(CC2CC2)C1O. The summed E-state index contributed by atoms with van der Waals surface area (Å²) in [5, 5.41) is 13.9. The van der Waals surface area contributed by atoms with E-state index >= 15 is 0 Å². The van der Waals surface area contributed by atoms with Gasteiger partial charge in [0.25, 0.3) is 0 Å². The molecular formula is C22H23FN4O2. The summed E-state index contributed by atoms with van der Waals surface area (Å²) in [6.07, 6.45) is 7.87. The molecular weight excluding hydrogens is 371 g/mol. The maximum absolute atomic E-state index is 13.2. The molecule has 0 bridgehead atoms. The molecule has 2 N–H and O–H groups in total. The number of aromatic nitrogens is 2. The van der Waals surface area contributed by atoms with E-state index in [1.54, 1.807) is 24.7 Å². The number of hydrogen-bond donors (Lipinski definition) is 2. The van der Waals surface area contributed by atoms with Crippen LogP contribution in [0.15, 0.2) is 30.7 Å². The van der Waals surface area contributed by atoms with Crippen LogP contribution in [0, 0.1) is 18.8 Å². The minimum atomic E-state index is -1.05. The highest BCUT2D eigenvalue weighted by Gasteiger charge is 2.44. The highest BCUT2D eigenvalue weighted by atomic mass is 19.1. The first-order valence-electron chi connectivity index (χ1n) is 10.0. The molecule has 0 saturated heterocycles. The number of alkyl halides is 1. The average Bonchev–Trinajstić information content (AvgIpc) is 3.62. The normalized spacial score (nSPS) is 25.3. The van der Waals surface area contributed by atoms with Gasteiger partial charge in [-0.1, -0.05) is 0 Å². The van der Waals surface area contributed by atoms with Crippen LogP contribution in [-0.2, 0) is 4.79 Å². The molecule has 29 heavy (non-hydrogen) atoms. The molecule has 0 radical (unpaired) electrons. The summed E-state index contributed by atoms with van der Waals surface area (Å²) in [4.78, 5) is 22.6. The average molecular weight is 394 g/mol. The number of amides is 1. The summed E-state index contributed by atoms with van der Waals surface area (Å²) in [5.74, 6) is 0.0328. The molecule has 7 heteroatoms. The van der Waals surface area contributed by atoms with Gasteiger partial charge in [0.15, 0.2) is 6.23 Å². The zero-order valence-corrected chi connectivity index (χ0v) is 16.2. The van der Waals surface area contributed by atoms with Crippen molar-refractivity contribution in [3.63, 3.8) is 0 Å². The molecule has 1 amide bonds. The third kappa shape index (κ3) is 3.51. The number of aliphatic hydroxyl groups excluding tert-OH is 1. The van der Waals surface area contributed by atoms with Crippen molar-refractivity contribution in [3.8, 4) is 0 Å². The van der Waals surface area contributed by atoms with Gasteiger partial charge in [-0.25, -0.2) is 9.37 Å². The van der Waals surface area contributed by atoms with E-state index in [4.69, 9.17) is 0 Å². The fraction of sp³-hybridized carbons (Fsp3) is 0.409. The molecule has 3 atom stereocenters. The third-order valence-electron chi connectivity index (χ3n) is 5.91. The predicted octanol–water partition coefficient (Wildman–Crippen LogP) is 3.17. The summed E-state index contributed by atoms with van der Waals surface area (Å²) in [5.41, 5.74) is 4.45. The van der Waals surface area contributed by atoms with Crippen molar-refractivity contribution in [2.24, 2.45) is 11.8 Å². The van der Waals surface area contributed by atoms with Gasteiger partial charge in [0.05, 0.1) is 11.6 Å². The first-order valence-corrected chi connectivity index (χ1v) is 10.0. The number of aryl methyl sites for hydroxylation is 1. The van der Waals surface area contributed by atoms with Gasteiger partial charge in [0.2, 0.25) is 5.91 Å². The smallest absolute Gasteiger partial charge is 0.231 e. The van der Waals surface area contributed by atoms with Crippen LogP contribution in [0.2, 0.25) is 0 Å². The Morgan fingerprint density at radius 1 is 1.38 bits per heavy atom. The van der Waals surface area contributed by atoms with Crippen molar-refractivity contribution in [1.82, 2.24) is 9.97 Å². The van der Waals surface area contributed by atoms with Gasteiger partial charge in [0.1, 0.15) is 12.0 Å². The van der Waals surface area contributed by atoms with E-state index in [0.29, 0.717) is 11.7 Å². The molecule has 2 saturated carbocycles. The maximum atomic E-state index is 13.2. The summed E-state index contributed by atoms with van der Waals surface area (Å²) < 4.78 is 13.2. The van der Waals surface area contributed by atoms with Crippen LogP contribution in [0.4, 0.5) is 15.9 Å². The Morgan fingerprint density at radius 3 is 2.86 bits per heavy atom. The lowest BCUT2D eigenvalue weighted by atomic mass is 9.94. The number of halogens is 1. The van der Waals surface area contributed by atoms with Gasteiger partial charge >= 0.3 is 0 Å². The lowest BCUT2D eigenvalue weighted by Crippen LogP contribution is -2.40. The van der Waals surface area contributed by atoms with Crippen LogP contribution in [0.25, 0.3) is 11.6 Å². The zero-order chi connectivity index (χ0) is 20.1. The van der Waals surface area contributed by atoms with Gasteiger partial charge in [-0.2, -0.15) is 0 Å². The largest absolute Gasteiger partial charge is 0.369 e. The Morgan fingerprint density at radius 2 is 2.17 bits per heavy atom. The Hall–Kier alpha value is -2.80. The summed E-state index contributed by atoms with van der Waals surface area (Å²) in [6.45, 7) is 2.73. The number of anilines is 2. The van der Waals surface area contributed by atoms with Crippen LogP contribution in [-0.4, -0.2) is 39.9 Å². The second kappa shape index (κ2) is 6.91. The van der Waals surface area contributed by atoms with Crippen LogP contribution < -0.4 is 10.2 Å². The number of carbonyl (C=O) groups excluding carboxylic acids is 1. The molecule has 150 valence electrons. The topological polar surface area (TPSA) is 78.4 Å². The molecule has 0 spiro atoms. The standard InChI is InChI=1S/C22H23FN4O2/c1-12-4-5-24-10-17(12)15-6-14-9-25-20(26-21(28)16-7-18(16)23)8-19(14)27(22(15)29)11-13-2-3-13/h4-6,8-10,13,16,18,22,29H,2-3,7,11H2,1H3,(H,25,26,28). The molecule has 3 unspecified atom stereocenters. The van der Waals surface area contributed by atoms with Crippen molar-refractivity contribution >= 4 is 29.1 Å². The number of aliphatic hydroxyl groups is 1. The molecule has 2 fully saturated rings. The predicted molar refractivity (Wildman–Crippen MR) is 109 cm³/mol. The van der Waals surface area contributed by atoms with Gasteiger partial charge in [0, 0.05) is 47.9 Å². The number of fused-ring (bicyclic) bond motifs is 1. The molecule has 3 aliphatic rings. The highest BCUT2D eigenvalue weighted by Crippen LogP contribution is 2.41. The molecule has 2 aliphatic carbocycles. The van der Waals surface area contributed by atoms with Crippen molar-refractivity contribution in [2.45, 2.75) is 38.6 Å². The van der Waals surface area contributed by atoms with E-state index < -0.39 is 18.3 Å². The quantitative estimate of drug-likeness (QED) is 0.815. The number of nitrogens with zero attached hydrogens (tertiary/aromatic N) is 3. The van der Waals surface area contributed by atoms with E-state index in [1.165, 1.54) is 0 Å². The number of hydrogen-bond acceptors (Lipinski definition) is 5. The summed E-state index contributed by atoms with van der Waals surface area (Å²) in [6, 6.07) is 3.70. The monoisotopic (exact) mass is 394 g/mol. The molecule has 5 rings (SSSR count). The molecule has 6 nitrogen and oxygen atoms in total. The second-order valence-corrected chi connectivity index (χ2v) is 8.24.